The third kappa shape index (κ3) is 3.27. The molecule has 0 heterocycles. The maximum absolute atomic E-state index is 12.2. The number of amides is 1. The molecule has 0 spiro atoms. The van der Waals surface area contributed by atoms with Gasteiger partial charge in [-0.05, 0) is 50.3 Å². The van der Waals surface area contributed by atoms with Crippen molar-refractivity contribution in [1.29, 1.82) is 0 Å². The molecule has 4 heteroatoms. The molecule has 1 aromatic carbocycles. The van der Waals surface area contributed by atoms with Crippen LogP contribution in [0.3, 0.4) is 0 Å². The van der Waals surface area contributed by atoms with Crippen molar-refractivity contribution in [2.24, 2.45) is 0 Å². The predicted octanol–water partition coefficient (Wildman–Crippen LogP) is 4.08. The molecule has 1 aromatic rings. The van der Waals surface area contributed by atoms with Crippen molar-refractivity contribution in [3.63, 3.8) is 0 Å². The van der Waals surface area contributed by atoms with Crippen molar-refractivity contribution in [1.82, 2.24) is 5.32 Å². The summed E-state index contributed by atoms with van der Waals surface area (Å²) in [4.78, 5) is 12.8. The van der Waals surface area contributed by atoms with Gasteiger partial charge < -0.3 is 5.32 Å². The van der Waals surface area contributed by atoms with Crippen molar-refractivity contribution in [3.8, 4) is 0 Å². The summed E-state index contributed by atoms with van der Waals surface area (Å²) in [6.07, 6.45) is 4.33. The average molecular weight is 331 g/mol. The first-order chi connectivity index (χ1) is 8.58. The summed E-state index contributed by atoms with van der Waals surface area (Å²) < 4.78 is 0. The van der Waals surface area contributed by atoms with E-state index >= 15 is 0 Å². The van der Waals surface area contributed by atoms with E-state index in [4.69, 9.17) is 11.6 Å². The molecule has 0 bridgehead atoms. The summed E-state index contributed by atoms with van der Waals surface area (Å²) in [6, 6.07) is 5.75. The van der Waals surface area contributed by atoms with E-state index in [-0.39, 0.29) is 5.91 Å². The summed E-state index contributed by atoms with van der Waals surface area (Å²) in [5.74, 6) is -0.00646. The Morgan fingerprint density at radius 3 is 2.67 bits per heavy atom. The van der Waals surface area contributed by atoms with Crippen LogP contribution in [0.4, 0.5) is 0 Å². The lowest BCUT2D eigenvalue weighted by molar-refractivity contribution is 0.0927. The molecular weight excluding hydrogens is 314 g/mol. The topological polar surface area (TPSA) is 29.1 Å². The van der Waals surface area contributed by atoms with Crippen molar-refractivity contribution in [2.45, 2.75) is 43.5 Å². The number of hydrogen-bond donors (Lipinski definition) is 1. The third-order valence-corrected chi connectivity index (χ3v) is 4.83. The van der Waals surface area contributed by atoms with Crippen LogP contribution in [-0.4, -0.2) is 16.8 Å². The van der Waals surface area contributed by atoms with Crippen molar-refractivity contribution in [3.05, 3.63) is 34.3 Å². The molecule has 0 aromatic heterocycles. The Kier molecular flexibility index (Phi) is 4.68. The molecule has 1 aliphatic carbocycles. The summed E-state index contributed by atoms with van der Waals surface area (Å²) in [5, 5.41) is 3.75. The van der Waals surface area contributed by atoms with Gasteiger partial charge >= 0.3 is 0 Å². The molecule has 0 atom stereocenters. The van der Waals surface area contributed by atoms with Crippen LogP contribution < -0.4 is 5.32 Å². The number of halogens is 2. The second kappa shape index (κ2) is 6.07. The minimum Gasteiger partial charge on any atom is -0.349 e. The molecule has 0 radical (unpaired) electrons. The fourth-order valence-corrected chi connectivity index (χ4v) is 3.02. The molecular formula is C14H17BrClNO. The molecule has 0 aliphatic heterocycles. The van der Waals surface area contributed by atoms with Crippen LogP contribution in [0.1, 0.15) is 41.6 Å². The highest BCUT2D eigenvalue weighted by molar-refractivity contribution is 9.09. The minimum atomic E-state index is -0.00646. The fourth-order valence-electron chi connectivity index (χ4n) is 2.31. The van der Waals surface area contributed by atoms with Crippen LogP contribution in [0.2, 0.25) is 5.02 Å². The molecule has 1 amide bonds. The van der Waals surface area contributed by atoms with Crippen LogP contribution in [0.5, 0.6) is 0 Å². The smallest absolute Gasteiger partial charge is 0.251 e. The van der Waals surface area contributed by atoms with Gasteiger partial charge in [0.15, 0.2) is 0 Å². The average Bonchev–Trinajstić information content (AvgIpc) is 2.35. The third-order valence-electron chi connectivity index (χ3n) is 3.50. The maximum Gasteiger partial charge on any atom is 0.251 e. The molecule has 98 valence electrons. The molecule has 2 nitrogen and oxygen atoms in total. The summed E-state index contributed by atoms with van der Waals surface area (Å²) >= 11 is 9.65. The van der Waals surface area contributed by atoms with E-state index in [2.05, 4.69) is 21.2 Å². The number of alkyl halides is 1. The molecule has 1 aliphatic rings. The molecule has 1 fully saturated rings. The number of benzene rings is 1. The molecule has 18 heavy (non-hydrogen) atoms. The van der Waals surface area contributed by atoms with Gasteiger partial charge in [-0.2, -0.15) is 0 Å². The van der Waals surface area contributed by atoms with Crippen LogP contribution in [0.15, 0.2) is 18.2 Å². The molecule has 2 rings (SSSR count). The van der Waals surface area contributed by atoms with Crippen molar-refractivity contribution in [2.75, 3.05) is 0 Å². The van der Waals surface area contributed by atoms with E-state index < -0.39 is 0 Å². The van der Waals surface area contributed by atoms with Crippen molar-refractivity contribution >= 4 is 33.4 Å². The van der Waals surface area contributed by atoms with Crippen LogP contribution >= 0.6 is 27.5 Å². The number of carbonyl (C=O) groups excluding carboxylic acids is 1. The Morgan fingerprint density at radius 1 is 1.33 bits per heavy atom. The lowest BCUT2D eigenvalue weighted by Crippen LogP contribution is -2.38. The highest BCUT2D eigenvalue weighted by Crippen LogP contribution is 2.25. The van der Waals surface area contributed by atoms with Gasteiger partial charge in [-0.1, -0.05) is 33.6 Å². The largest absolute Gasteiger partial charge is 0.349 e. The van der Waals surface area contributed by atoms with Gasteiger partial charge in [0.05, 0.1) is 0 Å². The van der Waals surface area contributed by atoms with Crippen LogP contribution in [0, 0.1) is 6.92 Å². The zero-order chi connectivity index (χ0) is 13.1. The van der Waals surface area contributed by atoms with Gasteiger partial charge in [-0.15, -0.1) is 0 Å². The fraction of sp³-hybridized carbons (Fsp3) is 0.500. The molecule has 0 unspecified atom stereocenters. The second-order valence-electron chi connectivity index (χ2n) is 4.83. The van der Waals surface area contributed by atoms with E-state index in [0.29, 0.717) is 21.5 Å². The van der Waals surface area contributed by atoms with E-state index in [1.54, 1.807) is 0 Å². The first-order valence-electron chi connectivity index (χ1n) is 6.28. The number of nitrogens with one attached hydrogen (secondary N) is 1. The van der Waals surface area contributed by atoms with Gasteiger partial charge in [-0.25, -0.2) is 0 Å². The zero-order valence-electron chi connectivity index (χ0n) is 10.4. The Labute approximate surface area is 121 Å². The molecule has 1 N–H and O–H groups in total. The quantitative estimate of drug-likeness (QED) is 0.813. The van der Waals surface area contributed by atoms with Gasteiger partial charge in [0.2, 0.25) is 0 Å². The second-order valence-corrected chi connectivity index (χ2v) is 6.54. The standard InChI is InChI=1S/C14H17BrClNO/c1-9-12(3-2-4-13(9)16)14(18)17-11-7-5-10(15)6-8-11/h2-4,10-11H,5-8H2,1H3,(H,17,18). The maximum atomic E-state index is 12.2. The first kappa shape index (κ1) is 13.9. The number of hydrogen-bond acceptors (Lipinski definition) is 1. The monoisotopic (exact) mass is 329 g/mol. The Morgan fingerprint density at radius 2 is 2.00 bits per heavy atom. The lowest BCUT2D eigenvalue weighted by atomic mass is 9.95. The lowest BCUT2D eigenvalue weighted by Gasteiger charge is -2.26. The number of rotatable bonds is 2. The SMILES string of the molecule is Cc1c(Cl)cccc1C(=O)NC1CCC(Br)CC1. The summed E-state index contributed by atoms with van der Waals surface area (Å²) in [5.41, 5.74) is 1.54. The molecule has 0 saturated heterocycles. The van der Waals surface area contributed by atoms with E-state index in [9.17, 15) is 4.79 Å². The Bertz CT molecular complexity index is 441. The van der Waals surface area contributed by atoms with Gasteiger partial charge in [0, 0.05) is 21.5 Å². The first-order valence-corrected chi connectivity index (χ1v) is 7.57. The van der Waals surface area contributed by atoms with Gasteiger partial charge in [0.1, 0.15) is 0 Å². The summed E-state index contributed by atoms with van der Waals surface area (Å²) in [7, 11) is 0. The predicted molar refractivity (Wildman–Crippen MR) is 78.6 cm³/mol. The highest BCUT2D eigenvalue weighted by Gasteiger charge is 2.21. The molecule has 1 saturated carbocycles. The Balaban J connectivity index is 2.01. The van der Waals surface area contributed by atoms with E-state index in [1.165, 1.54) is 0 Å². The van der Waals surface area contributed by atoms with E-state index in [0.717, 1.165) is 31.2 Å². The van der Waals surface area contributed by atoms with Gasteiger partial charge in [0.25, 0.3) is 5.91 Å². The Hall–Kier alpha value is -0.540. The van der Waals surface area contributed by atoms with Crippen molar-refractivity contribution < 1.29 is 4.79 Å². The van der Waals surface area contributed by atoms with Gasteiger partial charge in [-0.3, -0.25) is 4.79 Å². The summed E-state index contributed by atoms with van der Waals surface area (Å²) in [6.45, 7) is 1.88. The highest BCUT2D eigenvalue weighted by atomic mass is 79.9. The normalized spacial score (nSPS) is 23.7. The zero-order valence-corrected chi connectivity index (χ0v) is 12.7. The minimum absolute atomic E-state index is 0.00646. The number of carbonyl (C=O) groups is 1. The van der Waals surface area contributed by atoms with Crippen LogP contribution in [0.25, 0.3) is 0 Å². The van der Waals surface area contributed by atoms with E-state index in [1.807, 2.05) is 25.1 Å². The van der Waals surface area contributed by atoms with Crippen LogP contribution in [-0.2, 0) is 0 Å².